The van der Waals surface area contributed by atoms with E-state index in [-0.39, 0.29) is 22.9 Å². The van der Waals surface area contributed by atoms with E-state index >= 15 is 0 Å². The highest BCUT2D eigenvalue weighted by Crippen LogP contribution is 2.36. The number of carboxylic acids is 1. The van der Waals surface area contributed by atoms with E-state index in [2.05, 4.69) is 14.6 Å². The van der Waals surface area contributed by atoms with Crippen LogP contribution < -0.4 is 0 Å². The molecule has 2 rings (SSSR count). The molecule has 0 aliphatic heterocycles. The summed E-state index contributed by atoms with van der Waals surface area (Å²) in [6, 6.07) is 1.16. The lowest BCUT2D eigenvalue weighted by Gasteiger charge is -2.49. The van der Waals surface area contributed by atoms with Gasteiger partial charge in [0.2, 0.25) is 5.76 Å². The number of likely N-dealkylation sites (N-methyl/N-ethyl adjacent to an activating group) is 2. The Labute approximate surface area is 117 Å². The first-order chi connectivity index (χ1) is 9.35. The van der Waals surface area contributed by atoms with Crippen LogP contribution in [0.25, 0.3) is 0 Å². The van der Waals surface area contributed by atoms with E-state index in [4.69, 9.17) is 5.11 Å². The van der Waals surface area contributed by atoms with Crippen molar-refractivity contribution in [2.45, 2.75) is 24.8 Å². The van der Waals surface area contributed by atoms with Gasteiger partial charge in [0.05, 0.1) is 0 Å². The normalized spacial score (nSPS) is 16.8. The molecule has 0 aromatic carbocycles. The molecule has 0 bridgehead atoms. The summed E-state index contributed by atoms with van der Waals surface area (Å²) in [7, 11) is 5.72. The third-order valence-corrected chi connectivity index (χ3v) is 4.05. The van der Waals surface area contributed by atoms with Crippen LogP contribution in [0.4, 0.5) is 0 Å². The van der Waals surface area contributed by atoms with Crippen molar-refractivity contribution in [3.8, 4) is 0 Å². The minimum absolute atomic E-state index is 0.0176. The van der Waals surface area contributed by atoms with Gasteiger partial charge < -0.3 is 19.4 Å². The van der Waals surface area contributed by atoms with E-state index in [0.717, 1.165) is 25.3 Å². The molecule has 1 amide bonds. The standard InChI is InChI=1S/C13H19N3O4/c1-15(2)13(5-4-6-13)8-16(3)11(17)9-7-10(12(18)19)20-14-9/h7H,4-6,8H2,1-3H3,(H,18,19). The number of aromatic carboxylic acids is 1. The summed E-state index contributed by atoms with van der Waals surface area (Å²) in [6.45, 7) is 0.591. The molecule has 1 aliphatic carbocycles. The first kappa shape index (κ1) is 14.5. The van der Waals surface area contributed by atoms with E-state index in [1.54, 1.807) is 11.9 Å². The van der Waals surface area contributed by atoms with Gasteiger partial charge >= 0.3 is 5.97 Å². The number of carbonyl (C=O) groups excluding carboxylic acids is 1. The van der Waals surface area contributed by atoms with Crippen molar-refractivity contribution in [2.75, 3.05) is 27.7 Å². The van der Waals surface area contributed by atoms with Gasteiger partial charge in [0.1, 0.15) is 0 Å². The number of hydrogen-bond acceptors (Lipinski definition) is 5. The lowest BCUT2D eigenvalue weighted by atomic mass is 9.75. The van der Waals surface area contributed by atoms with Crippen LogP contribution in [0, 0.1) is 0 Å². The molecule has 1 N–H and O–H groups in total. The van der Waals surface area contributed by atoms with Crippen molar-refractivity contribution in [2.24, 2.45) is 0 Å². The van der Waals surface area contributed by atoms with E-state index < -0.39 is 5.97 Å². The third-order valence-electron chi connectivity index (χ3n) is 4.05. The molecule has 1 aromatic rings. The number of carboxylic acid groups (broad SMARTS) is 1. The van der Waals surface area contributed by atoms with Gasteiger partial charge in [0.25, 0.3) is 5.91 Å². The molecule has 1 fully saturated rings. The Bertz CT molecular complexity index is 519. The fourth-order valence-corrected chi connectivity index (χ4v) is 2.52. The predicted octanol–water partition coefficient (Wildman–Crippen LogP) is 0.929. The zero-order valence-corrected chi connectivity index (χ0v) is 11.9. The van der Waals surface area contributed by atoms with Gasteiger partial charge in [-0.2, -0.15) is 0 Å². The number of carbonyl (C=O) groups is 2. The van der Waals surface area contributed by atoms with Crippen LogP contribution >= 0.6 is 0 Å². The van der Waals surface area contributed by atoms with E-state index in [9.17, 15) is 9.59 Å². The van der Waals surface area contributed by atoms with Crippen LogP contribution in [0.2, 0.25) is 0 Å². The lowest BCUT2D eigenvalue weighted by molar-refractivity contribution is 0.0248. The van der Waals surface area contributed by atoms with Crippen molar-refractivity contribution in [3.05, 3.63) is 17.5 Å². The monoisotopic (exact) mass is 281 g/mol. The Morgan fingerprint density at radius 3 is 2.45 bits per heavy atom. The summed E-state index contributed by atoms with van der Waals surface area (Å²) in [5.41, 5.74) is 0.0437. The number of rotatable bonds is 5. The number of aromatic nitrogens is 1. The second-order valence-electron chi connectivity index (χ2n) is 5.52. The van der Waals surface area contributed by atoms with Gasteiger partial charge in [0.15, 0.2) is 5.69 Å². The molecular formula is C13H19N3O4. The van der Waals surface area contributed by atoms with Crippen molar-refractivity contribution in [3.63, 3.8) is 0 Å². The Morgan fingerprint density at radius 1 is 1.40 bits per heavy atom. The fourth-order valence-electron chi connectivity index (χ4n) is 2.52. The first-order valence-corrected chi connectivity index (χ1v) is 6.49. The maximum absolute atomic E-state index is 12.2. The molecule has 110 valence electrons. The minimum atomic E-state index is -1.23. The predicted molar refractivity (Wildman–Crippen MR) is 70.7 cm³/mol. The Morgan fingerprint density at radius 2 is 2.05 bits per heavy atom. The van der Waals surface area contributed by atoms with Gasteiger partial charge in [-0.15, -0.1) is 0 Å². The van der Waals surface area contributed by atoms with Crippen LogP contribution in [-0.2, 0) is 0 Å². The maximum Gasteiger partial charge on any atom is 0.374 e. The molecule has 0 unspecified atom stereocenters. The number of nitrogens with zero attached hydrogens (tertiary/aromatic N) is 3. The topological polar surface area (TPSA) is 86.9 Å². The highest BCUT2D eigenvalue weighted by Gasteiger charge is 2.41. The largest absolute Gasteiger partial charge is 0.475 e. The first-order valence-electron chi connectivity index (χ1n) is 6.49. The number of hydrogen-bond donors (Lipinski definition) is 1. The summed E-state index contributed by atoms with van der Waals surface area (Å²) < 4.78 is 4.61. The van der Waals surface area contributed by atoms with Crippen LogP contribution in [-0.4, -0.2) is 65.2 Å². The highest BCUT2D eigenvalue weighted by molar-refractivity contribution is 5.94. The third kappa shape index (κ3) is 2.53. The van der Waals surface area contributed by atoms with E-state index in [0.29, 0.717) is 6.54 Å². The second-order valence-corrected chi connectivity index (χ2v) is 5.52. The highest BCUT2D eigenvalue weighted by atomic mass is 16.5. The van der Waals surface area contributed by atoms with E-state index in [1.165, 1.54) is 0 Å². The molecule has 0 atom stereocenters. The summed E-state index contributed by atoms with van der Waals surface area (Å²) in [5.74, 6) is -1.88. The van der Waals surface area contributed by atoms with E-state index in [1.807, 2.05) is 14.1 Å². The molecule has 1 saturated carbocycles. The maximum atomic E-state index is 12.2. The Hall–Kier alpha value is -1.89. The molecule has 7 heteroatoms. The smallest absolute Gasteiger partial charge is 0.374 e. The average Bonchev–Trinajstić information content (AvgIpc) is 2.81. The van der Waals surface area contributed by atoms with Gasteiger partial charge in [-0.3, -0.25) is 4.79 Å². The van der Waals surface area contributed by atoms with Gasteiger partial charge in [-0.1, -0.05) is 5.16 Å². The lowest BCUT2D eigenvalue weighted by Crippen LogP contribution is -2.57. The summed E-state index contributed by atoms with van der Waals surface area (Å²) in [4.78, 5) is 26.6. The van der Waals surface area contributed by atoms with Crippen molar-refractivity contribution < 1.29 is 19.2 Å². The van der Waals surface area contributed by atoms with Gasteiger partial charge in [-0.05, 0) is 33.4 Å². The van der Waals surface area contributed by atoms with Crippen molar-refractivity contribution in [1.29, 1.82) is 0 Å². The molecular weight excluding hydrogens is 262 g/mol. The molecule has 0 spiro atoms. The Kier molecular flexibility index (Phi) is 3.80. The quantitative estimate of drug-likeness (QED) is 0.864. The molecule has 1 aromatic heterocycles. The molecule has 1 aliphatic rings. The van der Waals surface area contributed by atoms with Crippen molar-refractivity contribution >= 4 is 11.9 Å². The fraction of sp³-hybridized carbons (Fsp3) is 0.615. The minimum Gasteiger partial charge on any atom is -0.475 e. The molecule has 0 saturated heterocycles. The van der Waals surface area contributed by atoms with Crippen LogP contribution in [0.15, 0.2) is 10.6 Å². The summed E-state index contributed by atoms with van der Waals surface area (Å²) >= 11 is 0. The van der Waals surface area contributed by atoms with Crippen molar-refractivity contribution in [1.82, 2.24) is 15.0 Å². The van der Waals surface area contributed by atoms with Crippen LogP contribution in [0.3, 0.4) is 0 Å². The van der Waals surface area contributed by atoms with Crippen LogP contribution in [0.5, 0.6) is 0 Å². The Balaban J connectivity index is 2.06. The molecule has 0 radical (unpaired) electrons. The molecule has 7 nitrogen and oxygen atoms in total. The molecule has 1 heterocycles. The second kappa shape index (κ2) is 5.24. The summed E-state index contributed by atoms with van der Waals surface area (Å²) in [6.07, 6.45) is 3.26. The molecule has 20 heavy (non-hydrogen) atoms. The van der Waals surface area contributed by atoms with Crippen LogP contribution in [0.1, 0.15) is 40.3 Å². The van der Waals surface area contributed by atoms with Gasteiger partial charge in [-0.25, -0.2) is 4.79 Å². The SMILES string of the molecule is CN(CC1(N(C)C)CCC1)C(=O)c1cc(C(=O)O)on1. The van der Waals surface area contributed by atoms with Gasteiger partial charge in [0, 0.05) is 25.2 Å². The zero-order valence-electron chi connectivity index (χ0n) is 11.9. The number of amides is 1. The average molecular weight is 281 g/mol. The zero-order chi connectivity index (χ0) is 14.9. The summed E-state index contributed by atoms with van der Waals surface area (Å²) in [5, 5.41) is 12.3.